The number of hydrazine groups is 1. The number of hydrogen-bond donors (Lipinski definition) is 2. The molecular formula is C15H17N5S. The molecule has 0 saturated heterocycles. The van der Waals surface area contributed by atoms with Gasteiger partial charge in [0.15, 0.2) is 5.82 Å². The Kier molecular flexibility index (Phi) is 3.48. The Balaban J connectivity index is 2.14. The molecule has 0 saturated carbocycles. The summed E-state index contributed by atoms with van der Waals surface area (Å²) in [6.45, 7) is 2.08. The second kappa shape index (κ2) is 5.31. The van der Waals surface area contributed by atoms with Crippen molar-refractivity contribution in [1.82, 2.24) is 9.97 Å². The Hall–Kier alpha value is -2.18. The van der Waals surface area contributed by atoms with E-state index in [0.717, 1.165) is 15.8 Å². The van der Waals surface area contributed by atoms with Gasteiger partial charge in [0.2, 0.25) is 0 Å². The summed E-state index contributed by atoms with van der Waals surface area (Å²) in [5.74, 6) is 6.20. The number of fused-ring (bicyclic) bond motifs is 1. The van der Waals surface area contributed by atoms with Crippen LogP contribution in [0.2, 0.25) is 0 Å². The van der Waals surface area contributed by atoms with Crippen molar-refractivity contribution < 1.29 is 0 Å². The van der Waals surface area contributed by atoms with Gasteiger partial charge < -0.3 is 10.3 Å². The number of benzene rings is 1. The summed E-state index contributed by atoms with van der Waals surface area (Å²) in [6.07, 6.45) is 1.54. The van der Waals surface area contributed by atoms with E-state index in [-0.39, 0.29) is 0 Å². The molecule has 3 rings (SSSR count). The minimum atomic E-state index is 0.671. The van der Waals surface area contributed by atoms with Crippen LogP contribution in [0.5, 0.6) is 0 Å². The zero-order valence-electron chi connectivity index (χ0n) is 12.2. The number of rotatable bonds is 3. The van der Waals surface area contributed by atoms with Gasteiger partial charge in [-0.2, -0.15) is 0 Å². The molecule has 3 N–H and O–H groups in total. The van der Waals surface area contributed by atoms with E-state index in [1.54, 1.807) is 11.3 Å². The first-order valence-corrected chi connectivity index (χ1v) is 7.42. The normalized spacial score (nSPS) is 10.9. The van der Waals surface area contributed by atoms with Crippen LogP contribution in [0.4, 0.5) is 11.5 Å². The van der Waals surface area contributed by atoms with Gasteiger partial charge in [-0.1, -0.05) is 12.1 Å². The van der Waals surface area contributed by atoms with E-state index in [9.17, 15) is 0 Å². The maximum Gasteiger partial charge on any atom is 0.161 e. The molecule has 0 fully saturated rings. The van der Waals surface area contributed by atoms with Gasteiger partial charge in [0, 0.05) is 24.7 Å². The Labute approximate surface area is 127 Å². The van der Waals surface area contributed by atoms with Crippen LogP contribution in [0.3, 0.4) is 0 Å². The number of nitrogens with one attached hydrogen (secondary N) is 1. The average molecular weight is 299 g/mol. The zero-order chi connectivity index (χ0) is 15.0. The maximum absolute atomic E-state index is 5.53. The average Bonchev–Trinajstić information content (AvgIpc) is 2.85. The summed E-state index contributed by atoms with van der Waals surface area (Å²) in [6, 6.07) is 8.51. The quantitative estimate of drug-likeness (QED) is 0.575. The van der Waals surface area contributed by atoms with E-state index in [1.807, 2.05) is 14.1 Å². The van der Waals surface area contributed by atoms with E-state index < -0.39 is 0 Å². The maximum atomic E-state index is 5.53. The molecular weight excluding hydrogens is 282 g/mol. The van der Waals surface area contributed by atoms with Crippen LogP contribution in [-0.4, -0.2) is 24.1 Å². The number of nitrogens with two attached hydrogens (primary N) is 1. The number of aromatic nitrogens is 2. The van der Waals surface area contributed by atoms with Crippen molar-refractivity contribution >= 4 is 33.1 Å². The van der Waals surface area contributed by atoms with Gasteiger partial charge in [-0.15, -0.1) is 11.3 Å². The summed E-state index contributed by atoms with van der Waals surface area (Å²) in [5.41, 5.74) is 7.12. The fourth-order valence-electron chi connectivity index (χ4n) is 2.31. The zero-order valence-corrected chi connectivity index (χ0v) is 13.0. The fourth-order valence-corrected chi connectivity index (χ4v) is 3.53. The highest BCUT2D eigenvalue weighted by Gasteiger charge is 2.14. The van der Waals surface area contributed by atoms with Crippen molar-refractivity contribution in [2.24, 2.45) is 5.84 Å². The van der Waals surface area contributed by atoms with Gasteiger partial charge in [-0.3, -0.25) is 0 Å². The lowest BCUT2D eigenvalue weighted by Crippen LogP contribution is -2.08. The number of anilines is 2. The first-order chi connectivity index (χ1) is 10.1. The topological polar surface area (TPSA) is 67.1 Å². The Bertz CT molecular complexity index is 777. The summed E-state index contributed by atoms with van der Waals surface area (Å²) >= 11 is 1.66. The van der Waals surface area contributed by atoms with Crippen LogP contribution in [0.25, 0.3) is 20.7 Å². The summed E-state index contributed by atoms with van der Waals surface area (Å²) in [5, 5.41) is 0. The molecule has 6 heteroatoms. The van der Waals surface area contributed by atoms with Crippen molar-refractivity contribution in [3.63, 3.8) is 0 Å². The van der Waals surface area contributed by atoms with Gasteiger partial charge >= 0.3 is 0 Å². The summed E-state index contributed by atoms with van der Waals surface area (Å²) < 4.78 is 0.990. The summed E-state index contributed by atoms with van der Waals surface area (Å²) in [7, 11) is 4.07. The van der Waals surface area contributed by atoms with E-state index in [4.69, 9.17) is 5.84 Å². The van der Waals surface area contributed by atoms with Crippen LogP contribution in [-0.2, 0) is 0 Å². The first-order valence-electron chi connectivity index (χ1n) is 6.60. The highest BCUT2D eigenvalue weighted by molar-refractivity contribution is 7.23. The van der Waals surface area contributed by atoms with Crippen molar-refractivity contribution in [2.45, 2.75) is 6.92 Å². The predicted molar refractivity (Wildman–Crippen MR) is 89.7 cm³/mol. The van der Waals surface area contributed by atoms with Gasteiger partial charge in [-0.05, 0) is 30.2 Å². The predicted octanol–water partition coefficient (Wildman–Crippen LogP) is 3.02. The molecule has 0 bridgehead atoms. The Morgan fingerprint density at radius 2 is 1.86 bits per heavy atom. The highest BCUT2D eigenvalue weighted by atomic mass is 32.1. The number of nitrogens with zero attached hydrogens (tertiary/aromatic N) is 3. The molecule has 0 amide bonds. The molecule has 1 aromatic carbocycles. The minimum Gasteiger partial charge on any atom is -0.378 e. The Morgan fingerprint density at radius 3 is 2.48 bits per heavy atom. The van der Waals surface area contributed by atoms with Gasteiger partial charge in [-0.25, -0.2) is 15.8 Å². The monoisotopic (exact) mass is 299 g/mol. The van der Waals surface area contributed by atoms with Crippen molar-refractivity contribution in [1.29, 1.82) is 0 Å². The van der Waals surface area contributed by atoms with Gasteiger partial charge in [0.1, 0.15) is 6.33 Å². The van der Waals surface area contributed by atoms with Crippen molar-refractivity contribution in [3.8, 4) is 10.4 Å². The van der Waals surface area contributed by atoms with Crippen molar-refractivity contribution in [2.75, 3.05) is 24.4 Å². The molecule has 0 atom stereocenters. The highest BCUT2D eigenvalue weighted by Crippen LogP contribution is 2.39. The molecule has 0 aliphatic rings. The molecule has 5 nitrogen and oxygen atoms in total. The van der Waals surface area contributed by atoms with E-state index in [1.165, 1.54) is 22.5 Å². The smallest absolute Gasteiger partial charge is 0.161 e. The fraction of sp³-hybridized carbons (Fsp3) is 0.200. The molecule has 108 valence electrons. The third-order valence-corrected chi connectivity index (χ3v) is 4.82. The third-order valence-electron chi connectivity index (χ3n) is 3.49. The van der Waals surface area contributed by atoms with Crippen molar-refractivity contribution in [3.05, 3.63) is 36.2 Å². The number of nitrogen functional groups attached to an aromatic ring is 1. The number of thiophene rings is 1. The molecule has 3 aromatic rings. The van der Waals surface area contributed by atoms with E-state index in [2.05, 4.69) is 51.5 Å². The van der Waals surface area contributed by atoms with Gasteiger partial charge in [0.25, 0.3) is 0 Å². The molecule has 0 unspecified atom stereocenters. The molecule has 0 aliphatic heterocycles. The lowest BCUT2D eigenvalue weighted by Gasteiger charge is -2.12. The largest absolute Gasteiger partial charge is 0.378 e. The van der Waals surface area contributed by atoms with E-state index in [0.29, 0.717) is 5.82 Å². The molecule has 0 radical (unpaired) electrons. The molecule has 21 heavy (non-hydrogen) atoms. The number of aryl methyl sites for hydroxylation is 1. The SMILES string of the molecule is Cc1c(-c2ccc(N(C)C)cc2)sc2c(NN)ncnc12. The molecule has 0 aliphatic carbocycles. The van der Waals surface area contributed by atoms with Crippen LogP contribution >= 0.6 is 11.3 Å². The molecule has 2 aromatic heterocycles. The Morgan fingerprint density at radius 1 is 1.14 bits per heavy atom. The number of hydrogen-bond acceptors (Lipinski definition) is 6. The molecule has 0 spiro atoms. The van der Waals surface area contributed by atoms with E-state index >= 15 is 0 Å². The summed E-state index contributed by atoms with van der Waals surface area (Å²) in [4.78, 5) is 11.8. The molecule has 2 heterocycles. The van der Waals surface area contributed by atoms with Crippen LogP contribution in [0, 0.1) is 6.92 Å². The van der Waals surface area contributed by atoms with Crippen LogP contribution < -0.4 is 16.2 Å². The second-order valence-corrected chi connectivity index (χ2v) is 6.06. The lowest BCUT2D eigenvalue weighted by atomic mass is 10.1. The standard InChI is InChI=1S/C15H17N5S/c1-9-12-14(15(19-16)18-8-17-12)21-13(9)10-4-6-11(7-5-10)20(2)3/h4-8H,16H2,1-3H3,(H,17,18,19). The van der Waals surface area contributed by atoms with Crippen LogP contribution in [0.1, 0.15) is 5.56 Å². The lowest BCUT2D eigenvalue weighted by molar-refractivity contribution is 1.13. The minimum absolute atomic E-state index is 0.671. The van der Waals surface area contributed by atoms with Crippen LogP contribution in [0.15, 0.2) is 30.6 Å². The second-order valence-electron chi connectivity index (χ2n) is 5.04. The van der Waals surface area contributed by atoms with Gasteiger partial charge in [0.05, 0.1) is 10.2 Å². The third kappa shape index (κ3) is 2.32. The first kappa shape index (κ1) is 13.8.